The van der Waals surface area contributed by atoms with Crippen LogP contribution in [0.1, 0.15) is 15.9 Å². The standard InChI is InChI=1S/C22H18BrIN2O3/c23-16-7-11-18(12-8-16)26-21(27)14-29-20-4-2-1-3-19(20)22(28)25-13-15-5-9-17(24)10-6-15/h1-12H,13-14H2,(H,25,28)(H,26,27). The molecule has 148 valence electrons. The van der Waals surface area contributed by atoms with Crippen LogP contribution in [0.2, 0.25) is 0 Å². The van der Waals surface area contributed by atoms with Crippen molar-refractivity contribution in [3.8, 4) is 5.75 Å². The second kappa shape index (κ2) is 10.4. The van der Waals surface area contributed by atoms with Gasteiger partial charge in [-0.05, 0) is 76.7 Å². The van der Waals surface area contributed by atoms with Gasteiger partial charge < -0.3 is 15.4 Å². The van der Waals surface area contributed by atoms with Gasteiger partial charge in [-0.1, -0.05) is 40.2 Å². The molecule has 3 aromatic carbocycles. The van der Waals surface area contributed by atoms with Crippen LogP contribution in [-0.2, 0) is 11.3 Å². The number of ether oxygens (including phenoxy) is 1. The molecule has 0 fully saturated rings. The lowest BCUT2D eigenvalue weighted by Gasteiger charge is -2.12. The van der Waals surface area contributed by atoms with Gasteiger partial charge in [-0.3, -0.25) is 9.59 Å². The minimum Gasteiger partial charge on any atom is -0.483 e. The fourth-order valence-electron chi connectivity index (χ4n) is 2.53. The van der Waals surface area contributed by atoms with Crippen molar-refractivity contribution in [3.63, 3.8) is 0 Å². The SMILES string of the molecule is O=C(COc1ccccc1C(=O)NCc1ccc(I)cc1)Nc1ccc(Br)cc1. The minimum absolute atomic E-state index is 0.197. The van der Waals surface area contributed by atoms with Crippen LogP contribution >= 0.6 is 38.5 Å². The summed E-state index contributed by atoms with van der Waals surface area (Å²) in [6.45, 7) is 0.214. The Bertz CT molecular complexity index is 992. The second-order valence-electron chi connectivity index (χ2n) is 6.15. The summed E-state index contributed by atoms with van der Waals surface area (Å²) >= 11 is 5.59. The van der Waals surface area contributed by atoms with Crippen molar-refractivity contribution in [2.24, 2.45) is 0 Å². The smallest absolute Gasteiger partial charge is 0.262 e. The number of halogens is 2. The van der Waals surface area contributed by atoms with Gasteiger partial charge in [0, 0.05) is 20.3 Å². The maximum Gasteiger partial charge on any atom is 0.262 e. The topological polar surface area (TPSA) is 67.4 Å². The molecule has 0 aliphatic carbocycles. The van der Waals surface area contributed by atoms with Crippen LogP contribution in [0.4, 0.5) is 5.69 Å². The van der Waals surface area contributed by atoms with Gasteiger partial charge in [0.25, 0.3) is 11.8 Å². The zero-order valence-corrected chi connectivity index (χ0v) is 19.1. The Hall–Kier alpha value is -2.39. The zero-order valence-electron chi connectivity index (χ0n) is 15.3. The maximum absolute atomic E-state index is 12.6. The number of benzene rings is 3. The summed E-state index contributed by atoms with van der Waals surface area (Å²) in [6, 6.07) is 22.0. The summed E-state index contributed by atoms with van der Waals surface area (Å²) in [5.41, 5.74) is 2.06. The first kappa shape index (κ1) is 21.3. The first-order valence-electron chi connectivity index (χ1n) is 8.81. The average Bonchev–Trinajstić information content (AvgIpc) is 2.73. The van der Waals surface area contributed by atoms with Crippen molar-refractivity contribution in [3.05, 3.63) is 92.0 Å². The average molecular weight is 565 g/mol. The van der Waals surface area contributed by atoms with Crippen molar-refractivity contribution >= 4 is 56.0 Å². The Balaban J connectivity index is 1.57. The van der Waals surface area contributed by atoms with Crippen LogP contribution in [0.15, 0.2) is 77.3 Å². The number of nitrogens with one attached hydrogen (secondary N) is 2. The highest BCUT2D eigenvalue weighted by Gasteiger charge is 2.13. The molecule has 0 saturated heterocycles. The van der Waals surface area contributed by atoms with Crippen LogP contribution in [0.3, 0.4) is 0 Å². The lowest BCUT2D eigenvalue weighted by Crippen LogP contribution is -2.25. The lowest BCUT2D eigenvalue weighted by molar-refractivity contribution is -0.118. The number of rotatable bonds is 7. The van der Waals surface area contributed by atoms with E-state index >= 15 is 0 Å². The molecule has 0 bridgehead atoms. The van der Waals surface area contributed by atoms with Crippen LogP contribution < -0.4 is 15.4 Å². The molecule has 0 spiro atoms. The van der Waals surface area contributed by atoms with Crippen molar-refractivity contribution < 1.29 is 14.3 Å². The summed E-state index contributed by atoms with van der Waals surface area (Å²) in [4.78, 5) is 24.7. The monoisotopic (exact) mass is 564 g/mol. The third kappa shape index (κ3) is 6.57. The first-order valence-corrected chi connectivity index (χ1v) is 10.7. The molecule has 2 N–H and O–H groups in total. The predicted octanol–water partition coefficient (Wildman–Crippen LogP) is 5.00. The molecule has 3 rings (SSSR count). The molecule has 0 aromatic heterocycles. The van der Waals surface area contributed by atoms with E-state index in [9.17, 15) is 9.59 Å². The number of amides is 2. The highest BCUT2D eigenvalue weighted by atomic mass is 127. The van der Waals surface area contributed by atoms with Crippen LogP contribution in [0.5, 0.6) is 5.75 Å². The van der Waals surface area contributed by atoms with E-state index in [2.05, 4.69) is 49.2 Å². The van der Waals surface area contributed by atoms with E-state index in [0.29, 0.717) is 23.5 Å². The fraction of sp³-hybridized carbons (Fsp3) is 0.0909. The Morgan fingerprint density at radius 3 is 2.34 bits per heavy atom. The normalized spacial score (nSPS) is 10.3. The third-order valence-electron chi connectivity index (χ3n) is 3.98. The molecule has 0 unspecified atom stereocenters. The molecule has 0 aliphatic rings. The molecule has 0 radical (unpaired) electrons. The molecule has 3 aromatic rings. The van der Waals surface area contributed by atoms with Gasteiger partial charge in [-0.15, -0.1) is 0 Å². The molecule has 2 amide bonds. The van der Waals surface area contributed by atoms with E-state index in [-0.39, 0.29) is 18.4 Å². The van der Waals surface area contributed by atoms with Crippen molar-refractivity contribution in [2.45, 2.75) is 6.54 Å². The molecule has 0 atom stereocenters. The quantitative estimate of drug-likeness (QED) is 0.397. The second-order valence-corrected chi connectivity index (χ2v) is 8.31. The number of carbonyl (C=O) groups excluding carboxylic acids is 2. The van der Waals surface area contributed by atoms with E-state index in [1.54, 1.807) is 36.4 Å². The van der Waals surface area contributed by atoms with E-state index in [4.69, 9.17) is 4.74 Å². The summed E-state index contributed by atoms with van der Waals surface area (Å²) in [5.74, 6) is -0.201. The van der Waals surface area contributed by atoms with Crippen molar-refractivity contribution in [1.82, 2.24) is 5.32 Å². The molecule has 0 aliphatic heterocycles. The minimum atomic E-state index is -0.304. The number of para-hydroxylation sites is 1. The number of anilines is 1. The summed E-state index contributed by atoms with van der Waals surface area (Å²) in [7, 11) is 0. The number of hydrogen-bond acceptors (Lipinski definition) is 3. The Kier molecular flexibility index (Phi) is 7.65. The summed E-state index contributed by atoms with van der Waals surface area (Å²) < 4.78 is 7.67. The van der Waals surface area contributed by atoms with E-state index in [0.717, 1.165) is 13.6 Å². The van der Waals surface area contributed by atoms with Gasteiger partial charge in [-0.25, -0.2) is 0 Å². The number of carbonyl (C=O) groups is 2. The van der Waals surface area contributed by atoms with Crippen molar-refractivity contribution in [2.75, 3.05) is 11.9 Å². The first-order chi connectivity index (χ1) is 14.0. The maximum atomic E-state index is 12.6. The molecule has 0 saturated carbocycles. The molecular weight excluding hydrogens is 547 g/mol. The van der Waals surface area contributed by atoms with Gasteiger partial charge in [0.2, 0.25) is 0 Å². The van der Waals surface area contributed by atoms with Gasteiger partial charge in [-0.2, -0.15) is 0 Å². The molecule has 29 heavy (non-hydrogen) atoms. The van der Waals surface area contributed by atoms with Gasteiger partial charge in [0.15, 0.2) is 6.61 Å². The fourth-order valence-corrected chi connectivity index (χ4v) is 3.16. The van der Waals surface area contributed by atoms with Crippen molar-refractivity contribution in [1.29, 1.82) is 0 Å². The summed E-state index contributed by atoms with van der Waals surface area (Å²) in [6.07, 6.45) is 0. The van der Waals surface area contributed by atoms with Crippen LogP contribution in [0.25, 0.3) is 0 Å². The molecular formula is C22H18BrIN2O3. The zero-order chi connectivity index (χ0) is 20.6. The van der Waals surface area contributed by atoms with Gasteiger partial charge in [0.05, 0.1) is 5.56 Å². The van der Waals surface area contributed by atoms with E-state index in [1.807, 2.05) is 36.4 Å². The molecule has 7 heteroatoms. The van der Waals surface area contributed by atoms with E-state index < -0.39 is 0 Å². The highest BCUT2D eigenvalue weighted by Crippen LogP contribution is 2.19. The molecule has 0 heterocycles. The Morgan fingerprint density at radius 1 is 0.931 bits per heavy atom. The van der Waals surface area contributed by atoms with E-state index in [1.165, 1.54) is 0 Å². The van der Waals surface area contributed by atoms with Crippen LogP contribution in [-0.4, -0.2) is 18.4 Å². The molecule has 5 nitrogen and oxygen atoms in total. The van der Waals surface area contributed by atoms with Gasteiger partial charge in [0.1, 0.15) is 5.75 Å². The van der Waals surface area contributed by atoms with Gasteiger partial charge >= 0.3 is 0 Å². The predicted molar refractivity (Wildman–Crippen MR) is 125 cm³/mol. The Morgan fingerprint density at radius 2 is 1.62 bits per heavy atom. The lowest BCUT2D eigenvalue weighted by atomic mass is 10.1. The highest BCUT2D eigenvalue weighted by molar-refractivity contribution is 14.1. The third-order valence-corrected chi connectivity index (χ3v) is 5.23. The number of hydrogen-bond donors (Lipinski definition) is 2. The largest absolute Gasteiger partial charge is 0.483 e. The Labute approximate surface area is 191 Å². The van der Waals surface area contributed by atoms with Crippen LogP contribution in [0, 0.1) is 3.57 Å². The summed E-state index contributed by atoms with van der Waals surface area (Å²) in [5, 5.41) is 5.63.